The van der Waals surface area contributed by atoms with Crippen LogP contribution in [0.4, 0.5) is 22.7 Å². The summed E-state index contributed by atoms with van der Waals surface area (Å²) in [5, 5.41) is 0. The van der Waals surface area contributed by atoms with E-state index in [1.165, 1.54) is 0 Å². The molecule has 0 fully saturated rings. The molecule has 4 heteroatoms. The van der Waals surface area contributed by atoms with Gasteiger partial charge < -0.3 is 0 Å². The first-order valence-electron chi connectivity index (χ1n) is 10.4. The summed E-state index contributed by atoms with van der Waals surface area (Å²) < 4.78 is 0. The van der Waals surface area contributed by atoms with Crippen LogP contribution in [-0.4, -0.2) is 24.9 Å². The van der Waals surface area contributed by atoms with Gasteiger partial charge >= 0.3 is 0 Å². The molecule has 2 aliphatic heterocycles. The maximum atomic E-state index is 4.47. The highest BCUT2D eigenvalue weighted by molar-refractivity contribution is 5.98. The molecule has 0 saturated heterocycles. The van der Waals surface area contributed by atoms with Gasteiger partial charge in [0.05, 0.1) is 22.7 Å². The number of aliphatic imine (C=N–C) groups is 4. The molecule has 4 aromatic carbocycles. The molecule has 0 radical (unpaired) electrons. The molecule has 0 amide bonds. The van der Waals surface area contributed by atoms with Gasteiger partial charge in [0, 0.05) is 47.1 Å². The molecule has 6 rings (SSSR count). The molecular weight excluding hydrogens is 392 g/mol. The van der Waals surface area contributed by atoms with Crippen molar-refractivity contribution < 1.29 is 0 Å². The van der Waals surface area contributed by atoms with E-state index in [0.717, 1.165) is 45.0 Å². The predicted molar refractivity (Wildman–Crippen MR) is 135 cm³/mol. The van der Waals surface area contributed by atoms with Gasteiger partial charge in [-0.2, -0.15) is 0 Å². The molecule has 4 nitrogen and oxygen atoms in total. The van der Waals surface area contributed by atoms with Gasteiger partial charge in [-0.25, -0.2) is 0 Å². The molecule has 2 aliphatic rings. The molecule has 0 unspecified atom stereocenters. The second-order valence-electron chi connectivity index (χ2n) is 7.27. The zero-order valence-corrected chi connectivity index (χ0v) is 17.3. The summed E-state index contributed by atoms with van der Waals surface area (Å²) in [5.41, 5.74) is 8.03. The highest BCUT2D eigenvalue weighted by Gasteiger charge is 2.04. The number of para-hydroxylation sites is 4. The van der Waals surface area contributed by atoms with Crippen LogP contribution >= 0.6 is 0 Å². The average molecular weight is 412 g/mol. The normalized spacial score (nSPS) is 12.5. The first kappa shape index (κ1) is 19.5. The Hall–Kier alpha value is -4.44. The third-order valence-electron chi connectivity index (χ3n) is 5.12. The van der Waals surface area contributed by atoms with Crippen molar-refractivity contribution in [1.29, 1.82) is 0 Å². The maximum absolute atomic E-state index is 4.47. The monoisotopic (exact) mass is 412 g/mol. The lowest BCUT2D eigenvalue weighted by molar-refractivity contribution is 1.44. The molecule has 0 atom stereocenters. The Labute approximate surface area is 187 Å². The highest BCUT2D eigenvalue weighted by Crippen LogP contribution is 2.28. The number of hydrogen-bond donors (Lipinski definition) is 0. The summed E-state index contributed by atoms with van der Waals surface area (Å²) in [6.07, 6.45) is 7.51. The highest BCUT2D eigenvalue weighted by atomic mass is 14.8. The third kappa shape index (κ3) is 4.35. The van der Waals surface area contributed by atoms with E-state index in [2.05, 4.69) is 20.0 Å². The Balaban J connectivity index is 0.000000135. The Bertz CT molecular complexity index is 1070. The van der Waals surface area contributed by atoms with E-state index >= 15 is 0 Å². The summed E-state index contributed by atoms with van der Waals surface area (Å²) in [6.45, 7) is 0. The number of hydrogen-bond acceptors (Lipinski definition) is 4. The van der Waals surface area contributed by atoms with E-state index < -0.39 is 0 Å². The zero-order chi connectivity index (χ0) is 21.6. The average Bonchev–Trinajstić information content (AvgIpc) is 2.83. The van der Waals surface area contributed by atoms with E-state index in [4.69, 9.17) is 0 Å². The molecule has 0 aromatic heterocycles. The number of fused-ring (bicyclic) bond motifs is 4. The Kier molecular flexibility index (Phi) is 5.58. The molecule has 0 spiro atoms. The fourth-order valence-electron chi connectivity index (χ4n) is 3.41. The van der Waals surface area contributed by atoms with Gasteiger partial charge in [0.2, 0.25) is 0 Å². The van der Waals surface area contributed by atoms with Crippen LogP contribution in [0.5, 0.6) is 0 Å². The van der Waals surface area contributed by atoms with Crippen LogP contribution in [0.15, 0.2) is 117 Å². The second kappa shape index (κ2) is 9.14. The first-order valence-corrected chi connectivity index (χ1v) is 10.4. The van der Waals surface area contributed by atoms with E-state index in [9.17, 15) is 0 Å². The molecule has 0 aliphatic carbocycles. The van der Waals surface area contributed by atoms with Gasteiger partial charge in [0.25, 0.3) is 0 Å². The Morgan fingerprint density at radius 3 is 1.00 bits per heavy atom. The lowest BCUT2D eigenvalue weighted by Crippen LogP contribution is -1.92. The van der Waals surface area contributed by atoms with Gasteiger partial charge in [-0.1, -0.05) is 72.8 Å². The lowest BCUT2D eigenvalue weighted by atomic mass is 10.1. The lowest BCUT2D eigenvalue weighted by Gasteiger charge is -2.05. The summed E-state index contributed by atoms with van der Waals surface area (Å²) in [7, 11) is 0. The predicted octanol–water partition coefficient (Wildman–Crippen LogP) is 7.00. The Morgan fingerprint density at radius 2 is 0.562 bits per heavy atom. The second-order valence-corrected chi connectivity index (χ2v) is 7.27. The molecule has 32 heavy (non-hydrogen) atoms. The van der Waals surface area contributed by atoms with Gasteiger partial charge in [-0.3, -0.25) is 20.0 Å². The SMILES string of the molecule is C1=Nc2ccccc2C=Nc2ccccc21.C1=Nc2ccccc2N=Cc2ccccc21. The van der Waals surface area contributed by atoms with Crippen molar-refractivity contribution in [3.8, 4) is 0 Å². The smallest absolute Gasteiger partial charge is 0.0886 e. The molecule has 2 heterocycles. The summed E-state index contributed by atoms with van der Waals surface area (Å²) >= 11 is 0. The zero-order valence-electron chi connectivity index (χ0n) is 17.3. The molecule has 0 N–H and O–H groups in total. The van der Waals surface area contributed by atoms with Crippen molar-refractivity contribution in [2.45, 2.75) is 0 Å². The third-order valence-corrected chi connectivity index (χ3v) is 5.12. The van der Waals surface area contributed by atoms with E-state index in [1.807, 2.05) is 122 Å². The van der Waals surface area contributed by atoms with Gasteiger partial charge in [0.1, 0.15) is 0 Å². The number of nitrogens with zero attached hydrogens (tertiary/aromatic N) is 4. The topological polar surface area (TPSA) is 49.4 Å². The van der Waals surface area contributed by atoms with E-state index in [-0.39, 0.29) is 0 Å². The van der Waals surface area contributed by atoms with Crippen molar-refractivity contribution in [2.75, 3.05) is 0 Å². The minimum atomic E-state index is 0.910. The van der Waals surface area contributed by atoms with Crippen molar-refractivity contribution in [1.82, 2.24) is 0 Å². The largest absolute Gasteiger partial charge is 0.256 e. The fraction of sp³-hybridized carbons (Fsp3) is 0. The van der Waals surface area contributed by atoms with Crippen molar-refractivity contribution in [3.05, 3.63) is 119 Å². The van der Waals surface area contributed by atoms with Crippen LogP contribution in [0, 0.1) is 0 Å². The summed E-state index contributed by atoms with van der Waals surface area (Å²) in [5.74, 6) is 0. The maximum Gasteiger partial charge on any atom is 0.0886 e. The standard InChI is InChI=1S/2C14H10N2/c1-3-7-13-11(5-1)9-15-14-8-4-2-6-12(14)10-16-13;1-2-6-12-10-16-14-8-4-3-7-13(14)15-9-11(12)5-1/h2*1-10H. The van der Waals surface area contributed by atoms with E-state index in [0.29, 0.717) is 0 Å². The van der Waals surface area contributed by atoms with Crippen molar-refractivity contribution in [3.63, 3.8) is 0 Å². The molecular formula is C28H20N4. The summed E-state index contributed by atoms with van der Waals surface area (Å²) in [6, 6.07) is 31.9. The van der Waals surface area contributed by atoms with Crippen LogP contribution in [-0.2, 0) is 0 Å². The van der Waals surface area contributed by atoms with Crippen molar-refractivity contribution >= 4 is 47.6 Å². The van der Waals surface area contributed by atoms with Gasteiger partial charge in [-0.15, -0.1) is 0 Å². The minimum Gasteiger partial charge on any atom is -0.256 e. The molecule has 0 bridgehead atoms. The van der Waals surface area contributed by atoms with E-state index in [1.54, 1.807) is 0 Å². The van der Waals surface area contributed by atoms with Crippen LogP contribution in [0.1, 0.15) is 22.3 Å². The summed E-state index contributed by atoms with van der Waals surface area (Å²) in [4.78, 5) is 17.8. The molecule has 4 aromatic rings. The fourth-order valence-corrected chi connectivity index (χ4v) is 3.41. The van der Waals surface area contributed by atoms with Crippen LogP contribution in [0.2, 0.25) is 0 Å². The minimum absolute atomic E-state index is 0.910. The number of rotatable bonds is 0. The quantitative estimate of drug-likeness (QED) is 0.258. The van der Waals surface area contributed by atoms with Crippen molar-refractivity contribution in [2.24, 2.45) is 20.0 Å². The first-order chi connectivity index (χ1) is 15.9. The van der Waals surface area contributed by atoms with Crippen LogP contribution in [0.25, 0.3) is 0 Å². The molecule has 152 valence electrons. The van der Waals surface area contributed by atoms with Crippen LogP contribution < -0.4 is 0 Å². The molecule has 0 saturated carbocycles. The number of benzene rings is 4. The van der Waals surface area contributed by atoms with Gasteiger partial charge in [-0.05, 0) is 24.3 Å². The Morgan fingerprint density at radius 1 is 0.281 bits per heavy atom. The van der Waals surface area contributed by atoms with Crippen LogP contribution in [0.3, 0.4) is 0 Å². The van der Waals surface area contributed by atoms with Gasteiger partial charge in [0.15, 0.2) is 0 Å².